The molecule has 4 rings (SSSR count). The number of aromatic nitrogens is 4. The van der Waals surface area contributed by atoms with Gasteiger partial charge in [0.05, 0.1) is 18.3 Å². The average Bonchev–Trinajstić information content (AvgIpc) is 3.12. The summed E-state index contributed by atoms with van der Waals surface area (Å²) >= 11 is 6.05. The molecule has 0 radical (unpaired) electrons. The molecule has 0 amide bonds. The molecule has 0 aliphatic carbocycles. The quantitative estimate of drug-likeness (QED) is 0.646. The molecule has 3 aromatic rings. The smallest absolute Gasteiger partial charge is 0.237 e. The van der Waals surface area contributed by atoms with Crippen LogP contribution in [0.2, 0.25) is 5.02 Å². The van der Waals surface area contributed by atoms with Crippen LogP contribution in [0.4, 0.5) is 17.5 Å². The zero-order chi connectivity index (χ0) is 18.8. The molecular formula is C18H20ClN7O. The number of halogens is 1. The number of nitrogens with one attached hydrogen (secondary N) is 1. The van der Waals surface area contributed by atoms with Crippen LogP contribution in [0.25, 0.3) is 10.9 Å². The summed E-state index contributed by atoms with van der Waals surface area (Å²) in [5.41, 5.74) is 7.40. The number of ether oxygens (including phenoxy) is 1. The average molecular weight is 386 g/mol. The number of anilines is 3. The van der Waals surface area contributed by atoms with Crippen LogP contribution in [0.5, 0.6) is 5.88 Å². The van der Waals surface area contributed by atoms with E-state index in [0.29, 0.717) is 29.1 Å². The molecule has 9 heteroatoms. The molecule has 0 bridgehead atoms. The highest BCUT2D eigenvalue weighted by atomic mass is 35.5. The first-order valence-corrected chi connectivity index (χ1v) is 9.19. The number of nitrogens with zero attached hydrogens (tertiary/aromatic N) is 5. The fourth-order valence-electron chi connectivity index (χ4n) is 3.22. The van der Waals surface area contributed by atoms with Gasteiger partial charge in [0.25, 0.3) is 0 Å². The Bertz CT molecular complexity index is 968. The molecule has 1 saturated heterocycles. The number of fused-ring (bicyclic) bond motifs is 1. The molecule has 27 heavy (non-hydrogen) atoms. The SMILES string of the molecule is CCOc1nc(N[C@@H]2CCN(c3ncnc4cc(N)ccc34)C2)ncc1Cl. The van der Waals surface area contributed by atoms with Gasteiger partial charge in [0.1, 0.15) is 17.2 Å². The van der Waals surface area contributed by atoms with Gasteiger partial charge in [-0.05, 0) is 31.5 Å². The molecule has 1 fully saturated rings. The van der Waals surface area contributed by atoms with Crippen LogP contribution in [0.15, 0.2) is 30.7 Å². The third-order valence-corrected chi connectivity index (χ3v) is 4.71. The third kappa shape index (κ3) is 3.66. The van der Waals surface area contributed by atoms with Crippen LogP contribution >= 0.6 is 11.6 Å². The molecule has 1 aliphatic heterocycles. The van der Waals surface area contributed by atoms with E-state index in [1.165, 1.54) is 0 Å². The molecule has 1 aromatic carbocycles. The molecule has 140 valence electrons. The maximum atomic E-state index is 6.05. The molecule has 1 aliphatic rings. The maximum absolute atomic E-state index is 6.05. The normalized spacial score (nSPS) is 16.7. The summed E-state index contributed by atoms with van der Waals surface area (Å²) in [6.45, 7) is 4.05. The van der Waals surface area contributed by atoms with E-state index in [9.17, 15) is 0 Å². The second-order valence-electron chi connectivity index (χ2n) is 6.33. The van der Waals surface area contributed by atoms with Gasteiger partial charge >= 0.3 is 0 Å². The fourth-order valence-corrected chi connectivity index (χ4v) is 3.37. The summed E-state index contributed by atoms with van der Waals surface area (Å²) in [6, 6.07) is 5.90. The zero-order valence-electron chi connectivity index (χ0n) is 14.9. The first-order chi connectivity index (χ1) is 13.1. The van der Waals surface area contributed by atoms with Crippen LogP contribution in [-0.2, 0) is 0 Å². The Morgan fingerprint density at radius 1 is 1.33 bits per heavy atom. The molecule has 0 unspecified atom stereocenters. The Kier molecular flexibility index (Phi) is 4.81. The lowest BCUT2D eigenvalue weighted by Crippen LogP contribution is -2.27. The maximum Gasteiger partial charge on any atom is 0.237 e. The van der Waals surface area contributed by atoms with Gasteiger partial charge in [-0.15, -0.1) is 0 Å². The van der Waals surface area contributed by atoms with Crippen molar-refractivity contribution in [2.45, 2.75) is 19.4 Å². The van der Waals surface area contributed by atoms with E-state index in [1.54, 1.807) is 12.5 Å². The van der Waals surface area contributed by atoms with Crippen molar-refractivity contribution in [3.05, 3.63) is 35.7 Å². The number of nitrogens with two attached hydrogens (primary N) is 1. The van der Waals surface area contributed by atoms with E-state index in [0.717, 1.165) is 36.2 Å². The van der Waals surface area contributed by atoms with Gasteiger partial charge in [-0.2, -0.15) is 4.98 Å². The summed E-state index contributed by atoms with van der Waals surface area (Å²) in [6.07, 6.45) is 4.07. The second kappa shape index (κ2) is 7.40. The molecule has 3 heterocycles. The standard InChI is InChI=1S/C18H20ClN7O/c1-2-27-17-14(19)8-21-18(25-17)24-12-5-6-26(9-12)16-13-4-3-11(20)7-15(13)22-10-23-16/h3-4,7-8,10,12H,2,5-6,9,20H2,1H3,(H,21,24,25)/t12-/m1/s1. The van der Waals surface area contributed by atoms with Crippen molar-refractivity contribution in [2.75, 3.05) is 35.6 Å². The lowest BCUT2D eigenvalue weighted by molar-refractivity contribution is 0.327. The first kappa shape index (κ1) is 17.5. The zero-order valence-corrected chi connectivity index (χ0v) is 15.6. The highest BCUT2D eigenvalue weighted by molar-refractivity contribution is 6.31. The minimum Gasteiger partial charge on any atom is -0.477 e. The largest absolute Gasteiger partial charge is 0.477 e. The molecule has 8 nitrogen and oxygen atoms in total. The minimum absolute atomic E-state index is 0.194. The van der Waals surface area contributed by atoms with Crippen molar-refractivity contribution in [1.82, 2.24) is 19.9 Å². The van der Waals surface area contributed by atoms with Crippen LogP contribution in [0.1, 0.15) is 13.3 Å². The van der Waals surface area contributed by atoms with Crippen molar-refractivity contribution >= 4 is 40.0 Å². The Morgan fingerprint density at radius 2 is 2.22 bits per heavy atom. The van der Waals surface area contributed by atoms with Crippen LogP contribution in [0.3, 0.4) is 0 Å². The summed E-state index contributed by atoms with van der Waals surface area (Å²) in [5.74, 6) is 1.82. The molecule has 2 aromatic heterocycles. The molecular weight excluding hydrogens is 366 g/mol. The Hall–Kier alpha value is -2.87. The number of hydrogen-bond donors (Lipinski definition) is 2. The van der Waals surface area contributed by atoms with Crippen LogP contribution < -0.4 is 20.7 Å². The van der Waals surface area contributed by atoms with Crippen LogP contribution in [-0.4, -0.2) is 45.7 Å². The van der Waals surface area contributed by atoms with E-state index in [2.05, 4.69) is 30.2 Å². The van der Waals surface area contributed by atoms with Crippen molar-refractivity contribution in [3.63, 3.8) is 0 Å². The topological polar surface area (TPSA) is 102 Å². The predicted octanol–water partition coefficient (Wildman–Crippen LogP) is 2.74. The van der Waals surface area contributed by atoms with Gasteiger partial charge in [0, 0.05) is 30.2 Å². The third-order valence-electron chi connectivity index (χ3n) is 4.45. The van der Waals surface area contributed by atoms with Crippen molar-refractivity contribution in [1.29, 1.82) is 0 Å². The van der Waals surface area contributed by atoms with E-state index in [-0.39, 0.29) is 6.04 Å². The predicted molar refractivity (Wildman–Crippen MR) is 106 cm³/mol. The second-order valence-corrected chi connectivity index (χ2v) is 6.74. The summed E-state index contributed by atoms with van der Waals surface area (Å²) in [7, 11) is 0. The minimum atomic E-state index is 0.194. The van der Waals surface area contributed by atoms with Crippen molar-refractivity contribution in [3.8, 4) is 5.88 Å². The number of nitrogen functional groups attached to an aromatic ring is 1. The first-order valence-electron chi connectivity index (χ1n) is 8.81. The molecule has 0 spiro atoms. The Labute approximate surface area is 161 Å². The lowest BCUT2D eigenvalue weighted by atomic mass is 10.2. The van der Waals surface area contributed by atoms with Gasteiger partial charge in [-0.25, -0.2) is 15.0 Å². The van der Waals surface area contributed by atoms with Gasteiger partial charge in [-0.3, -0.25) is 0 Å². The van der Waals surface area contributed by atoms with E-state index < -0.39 is 0 Å². The fraction of sp³-hybridized carbons (Fsp3) is 0.333. The number of rotatable bonds is 5. The number of hydrogen-bond acceptors (Lipinski definition) is 8. The highest BCUT2D eigenvalue weighted by Gasteiger charge is 2.25. The summed E-state index contributed by atoms with van der Waals surface area (Å²) < 4.78 is 5.43. The Balaban J connectivity index is 1.50. The Morgan fingerprint density at radius 3 is 3.07 bits per heavy atom. The molecule has 1 atom stereocenters. The van der Waals surface area contributed by atoms with Gasteiger partial charge in [-0.1, -0.05) is 11.6 Å². The van der Waals surface area contributed by atoms with E-state index >= 15 is 0 Å². The summed E-state index contributed by atoms with van der Waals surface area (Å²) in [4.78, 5) is 19.6. The van der Waals surface area contributed by atoms with Gasteiger partial charge in [0.2, 0.25) is 11.8 Å². The molecule has 3 N–H and O–H groups in total. The van der Waals surface area contributed by atoms with Gasteiger partial charge < -0.3 is 20.7 Å². The van der Waals surface area contributed by atoms with Gasteiger partial charge in [0.15, 0.2) is 0 Å². The molecule has 0 saturated carbocycles. The van der Waals surface area contributed by atoms with E-state index in [1.807, 2.05) is 25.1 Å². The summed E-state index contributed by atoms with van der Waals surface area (Å²) in [5, 5.41) is 4.76. The highest BCUT2D eigenvalue weighted by Crippen LogP contribution is 2.28. The lowest BCUT2D eigenvalue weighted by Gasteiger charge is -2.19. The number of benzene rings is 1. The monoisotopic (exact) mass is 385 g/mol. The van der Waals surface area contributed by atoms with Crippen LogP contribution in [0, 0.1) is 0 Å². The van der Waals surface area contributed by atoms with Crippen molar-refractivity contribution in [2.24, 2.45) is 0 Å². The van der Waals surface area contributed by atoms with Crippen molar-refractivity contribution < 1.29 is 4.74 Å². The van der Waals surface area contributed by atoms with E-state index in [4.69, 9.17) is 22.1 Å².